The Morgan fingerprint density at radius 3 is 2.71 bits per heavy atom. The molecule has 0 aliphatic heterocycles. The van der Waals surface area contributed by atoms with E-state index >= 15 is 0 Å². The summed E-state index contributed by atoms with van der Waals surface area (Å²) in [5.74, 6) is 3.13. The molecule has 3 rings (SSSR count). The minimum absolute atomic E-state index is 0.527. The van der Waals surface area contributed by atoms with Gasteiger partial charge in [0.25, 0.3) is 0 Å². The SMILES string of the molecule is CNc1cc(Nc2cccc(COC)c2)nc(C2CC2)n1. The molecule has 0 unspecified atom stereocenters. The fraction of sp³-hybridized carbons (Fsp3) is 0.375. The Morgan fingerprint density at radius 2 is 2.00 bits per heavy atom. The molecular formula is C16H20N4O. The first-order valence-corrected chi connectivity index (χ1v) is 7.20. The fourth-order valence-electron chi connectivity index (χ4n) is 2.24. The molecule has 0 spiro atoms. The zero-order chi connectivity index (χ0) is 14.7. The van der Waals surface area contributed by atoms with E-state index < -0.39 is 0 Å². The molecule has 110 valence electrons. The average Bonchev–Trinajstić information content (AvgIpc) is 3.32. The van der Waals surface area contributed by atoms with Gasteiger partial charge in [0.1, 0.15) is 17.5 Å². The van der Waals surface area contributed by atoms with Crippen LogP contribution < -0.4 is 10.6 Å². The Bertz CT molecular complexity index is 625. The van der Waals surface area contributed by atoms with Crippen LogP contribution >= 0.6 is 0 Å². The van der Waals surface area contributed by atoms with Crippen LogP contribution in [0, 0.1) is 0 Å². The molecule has 1 aliphatic carbocycles. The van der Waals surface area contributed by atoms with Gasteiger partial charge >= 0.3 is 0 Å². The van der Waals surface area contributed by atoms with Crippen molar-refractivity contribution in [1.29, 1.82) is 0 Å². The van der Waals surface area contributed by atoms with E-state index in [2.05, 4.69) is 26.7 Å². The topological polar surface area (TPSA) is 59.1 Å². The number of ether oxygens (including phenoxy) is 1. The van der Waals surface area contributed by atoms with Crippen molar-refractivity contribution in [3.8, 4) is 0 Å². The van der Waals surface area contributed by atoms with E-state index in [-0.39, 0.29) is 0 Å². The molecule has 1 aromatic carbocycles. The molecular weight excluding hydrogens is 264 g/mol. The maximum Gasteiger partial charge on any atom is 0.136 e. The van der Waals surface area contributed by atoms with Crippen molar-refractivity contribution in [2.45, 2.75) is 25.4 Å². The van der Waals surface area contributed by atoms with Crippen LogP contribution in [0.5, 0.6) is 0 Å². The minimum Gasteiger partial charge on any atom is -0.380 e. The Balaban J connectivity index is 1.83. The molecule has 5 nitrogen and oxygen atoms in total. The lowest BCUT2D eigenvalue weighted by atomic mass is 10.2. The molecule has 1 saturated carbocycles. The predicted molar refractivity (Wildman–Crippen MR) is 84.0 cm³/mol. The van der Waals surface area contributed by atoms with Gasteiger partial charge in [-0.25, -0.2) is 9.97 Å². The van der Waals surface area contributed by atoms with Crippen molar-refractivity contribution >= 4 is 17.3 Å². The highest BCUT2D eigenvalue weighted by atomic mass is 16.5. The third-order valence-electron chi connectivity index (χ3n) is 3.45. The van der Waals surface area contributed by atoms with Crippen molar-refractivity contribution in [3.63, 3.8) is 0 Å². The molecule has 0 amide bonds. The van der Waals surface area contributed by atoms with Crippen LogP contribution in [-0.4, -0.2) is 24.1 Å². The normalized spacial score (nSPS) is 14.0. The van der Waals surface area contributed by atoms with Gasteiger partial charge in [-0.2, -0.15) is 0 Å². The third kappa shape index (κ3) is 3.49. The number of methoxy groups -OCH3 is 1. The van der Waals surface area contributed by atoms with Crippen LogP contribution in [0.15, 0.2) is 30.3 Å². The van der Waals surface area contributed by atoms with Crippen LogP contribution in [0.1, 0.15) is 30.1 Å². The summed E-state index contributed by atoms with van der Waals surface area (Å²) in [5, 5.41) is 6.45. The summed E-state index contributed by atoms with van der Waals surface area (Å²) in [7, 11) is 3.58. The predicted octanol–water partition coefficient (Wildman–Crippen LogP) is 3.29. The summed E-state index contributed by atoms with van der Waals surface area (Å²) in [5.41, 5.74) is 2.14. The summed E-state index contributed by atoms with van der Waals surface area (Å²) < 4.78 is 5.17. The zero-order valence-electron chi connectivity index (χ0n) is 12.4. The maximum absolute atomic E-state index is 5.17. The Kier molecular flexibility index (Phi) is 4.01. The van der Waals surface area contributed by atoms with Crippen LogP contribution in [0.2, 0.25) is 0 Å². The van der Waals surface area contributed by atoms with Gasteiger partial charge in [-0.3, -0.25) is 0 Å². The van der Waals surface area contributed by atoms with Gasteiger partial charge in [-0.05, 0) is 30.5 Å². The zero-order valence-corrected chi connectivity index (χ0v) is 12.4. The van der Waals surface area contributed by atoms with Gasteiger partial charge in [-0.1, -0.05) is 12.1 Å². The van der Waals surface area contributed by atoms with E-state index in [1.54, 1.807) is 7.11 Å². The van der Waals surface area contributed by atoms with Crippen LogP contribution in [0.4, 0.5) is 17.3 Å². The first kappa shape index (κ1) is 13.8. The van der Waals surface area contributed by atoms with Gasteiger partial charge in [0.05, 0.1) is 6.61 Å². The minimum atomic E-state index is 0.527. The molecule has 0 radical (unpaired) electrons. The van der Waals surface area contributed by atoms with Crippen molar-refractivity contribution < 1.29 is 4.74 Å². The highest BCUT2D eigenvalue weighted by molar-refractivity contribution is 5.60. The summed E-state index contributed by atoms with van der Waals surface area (Å²) >= 11 is 0. The van der Waals surface area contributed by atoms with Crippen molar-refractivity contribution in [2.24, 2.45) is 0 Å². The molecule has 21 heavy (non-hydrogen) atoms. The first-order valence-electron chi connectivity index (χ1n) is 7.20. The average molecular weight is 284 g/mol. The van der Waals surface area contributed by atoms with Gasteiger partial charge in [0, 0.05) is 31.8 Å². The number of rotatable bonds is 6. The van der Waals surface area contributed by atoms with Gasteiger partial charge < -0.3 is 15.4 Å². The number of anilines is 3. The Morgan fingerprint density at radius 1 is 1.19 bits per heavy atom. The maximum atomic E-state index is 5.17. The van der Waals surface area contributed by atoms with E-state index in [4.69, 9.17) is 4.74 Å². The van der Waals surface area contributed by atoms with Crippen LogP contribution in [-0.2, 0) is 11.3 Å². The highest BCUT2D eigenvalue weighted by Crippen LogP contribution is 2.39. The van der Waals surface area contributed by atoms with Crippen molar-refractivity contribution in [3.05, 3.63) is 41.7 Å². The standard InChI is InChI=1S/C16H20N4O/c1-17-14-9-15(20-16(19-14)12-6-7-12)18-13-5-3-4-11(8-13)10-21-2/h3-5,8-9,12H,6-7,10H2,1-2H3,(H2,17,18,19,20). The quantitative estimate of drug-likeness (QED) is 0.852. The van der Waals surface area contributed by atoms with Gasteiger partial charge in [0.15, 0.2) is 0 Å². The summed E-state index contributed by atoms with van der Waals surface area (Å²) in [4.78, 5) is 9.14. The van der Waals surface area contributed by atoms with Crippen LogP contribution in [0.25, 0.3) is 0 Å². The summed E-state index contributed by atoms with van der Waals surface area (Å²) in [6, 6.07) is 10.1. The number of nitrogens with zero attached hydrogens (tertiary/aromatic N) is 2. The lowest BCUT2D eigenvalue weighted by Crippen LogP contribution is -2.03. The largest absolute Gasteiger partial charge is 0.380 e. The van der Waals surface area contributed by atoms with E-state index in [1.165, 1.54) is 12.8 Å². The first-order chi connectivity index (χ1) is 10.3. The molecule has 1 aliphatic rings. The van der Waals surface area contributed by atoms with E-state index in [1.807, 2.05) is 31.3 Å². The van der Waals surface area contributed by atoms with Gasteiger partial charge in [0.2, 0.25) is 0 Å². The number of nitrogens with one attached hydrogen (secondary N) is 2. The molecule has 0 atom stereocenters. The molecule has 1 fully saturated rings. The van der Waals surface area contributed by atoms with E-state index in [0.717, 1.165) is 28.7 Å². The van der Waals surface area contributed by atoms with E-state index in [9.17, 15) is 0 Å². The monoisotopic (exact) mass is 284 g/mol. The molecule has 5 heteroatoms. The molecule has 2 aromatic rings. The number of benzene rings is 1. The lowest BCUT2D eigenvalue weighted by Gasteiger charge is -2.10. The van der Waals surface area contributed by atoms with Crippen LogP contribution in [0.3, 0.4) is 0 Å². The lowest BCUT2D eigenvalue weighted by molar-refractivity contribution is 0.185. The molecule has 2 N–H and O–H groups in total. The Hall–Kier alpha value is -2.14. The number of aromatic nitrogens is 2. The van der Waals surface area contributed by atoms with Gasteiger partial charge in [-0.15, -0.1) is 0 Å². The van der Waals surface area contributed by atoms with Crippen molar-refractivity contribution in [1.82, 2.24) is 9.97 Å². The molecule has 1 aromatic heterocycles. The third-order valence-corrected chi connectivity index (χ3v) is 3.45. The number of hydrogen-bond donors (Lipinski definition) is 2. The van der Waals surface area contributed by atoms with E-state index in [0.29, 0.717) is 12.5 Å². The Labute approximate surface area is 124 Å². The fourth-order valence-corrected chi connectivity index (χ4v) is 2.24. The highest BCUT2D eigenvalue weighted by Gasteiger charge is 2.27. The summed E-state index contributed by atoms with van der Waals surface area (Å²) in [6.07, 6.45) is 2.38. The molecule has 0 bridgehead atoms. The second kappa shape index (κ2) is 6.10. The summed E-state index contributed by atoms with van der Waals surface area (Å²) in [6.45, 7) is 0.606. The second-order valence-electron chi connectivity index (χ2n) is 5.28. The smallest absolute Gasteiger partial charge is 0.136 e. The molecule has 0 saturated heterocycles. The second-order valence-corrected chi connectivity index (χ2v) is 5.28. The van der Waals surface area contributed by atoms with Crippen molar-refractivity contribution in [2.75, 3.05) is 24.8 Å². The molecule has 1 heterocycles. The number of hydrogen-bond acceptors (Lipinski definition) is 5.